The van der Waals surface area contributed by atoms with Crippen LogP contribution in [0.4, 0.5) is 5.82 Å². The number of nitrogens with zero attached hydrogens (tertiary/aromatic N) is 4. The third-order valence-corrected chi connectivity index (χ3v) is 6.14. The fraction of sp³-hybridized carbons (Fsp3) is 0.391. The molecule has 2 amide bonds. The van der Waals surface area contributed by atoms with Crippen LogP contribution in [-0.4, -0.2) is 38.0 Å². The maximum atomic E-state index is 13.4. The summed E-state index contributed by atoms with van der Waals surface area (Å²) in [6, 6.07) is 9.29. The first-order chi connectivity index (χ1) is 15.1. The first kappa shape index (κ1) is 19.5. The van der Waals surface area contributed by atoms with Crippen LogP contribution in [0.3, 0.4) is 0 Å². The van der Waals surface area contributed by atoms with Gasteiger partial charge in [-0.25, -0.2) is 4.68 Å². The number of anilines is 1. The van der Waals surface area contributed by atoms with Crippen LogP contribution in [0.25, 0.3) is 0 Å². The molecule has 5 rings (SSSR count). The minimum atomic E-state index is -0.573. The Labute approximate surface area is 180 Å². The maximum Gasteiger partial charge on any atom is 0.289 e. The van der Waals surface area contributed by atoms with Gasteiger partial charge in [0.15, 0.2) is 5.76 Å². The standard InChI is InChI=1S/C23H25N5O3/c1-15-12-20(28(26-15)17-7-2-3-8-17)25-22(29)18-14-27(23(30)19-9-5-11-31-19)13-16-6-4-10-24-21(16)18/h4-6,9-12,17-18H,2-3,7-8,13-14H2,1H3,(H,25,29). The van der Waals surface area contributed by atoms with Crippen LogP contribution in [0.2, 0.25) is 0 Å². The smallest absolute Gasteiger partial charge is 0.289 e. The van der Waals surface area contributed by atoms with E-state index in [4.69, 9.17) is 4.42 Å². The van der Waals surface area contributed by atoms with Crippen molar-refractivity contribution in [2.24, 2.45) is 0 Å². The number of pyridine rings is 1. The zero-order valence-corrected chi connectivity index (χ0v) is 17.5. The van der Waals surface area contributed by atoms with E-state index in [1.54, 1.807) is 23.2 Å². The van der Waals surface area contributed by atoms with Crippen LogP contribution in [0.5, 0.6) is 0 Å². The molecule has 1 unspecified atom stereocenters. The van der Waals surface area contributed by atoms with Gasteiger partial charge in [0.1, 0.15) is 5.82 Å². The summed E-state index contributed by atoms with van der Waals surface area (Å²) in [7, 11) is 0. The fourth-order valence-electron chi connectivity index (χ4n) is 4.64. The van der Waals surface area contributed by atoms with Gasteiger partial charge in [0.25, 0.3) is 5.91 Å². The molecule has 160 valence electrons. The number of furan rings is 1. The Hall–Kier alpha value is -3.42. The summed E-state index contributed by atoms with van der Waals surface area (Å²) < 4.78 is 7.24. The highest BCUT2D eigenvalue weighted by Crippen LogP contribution is 2.33. The molecule has 8 nitrogen and oxygen atoms in total. The van der Waals surface area contributed by atoms with Crippen LogP contribution in [0, 0.1) is 6.92 Å². The van der Waals surface area contributed by atoms with Crippen molar-refractivity contribution in [2.45, 2.75) is 51.1 Å². The molecular weight excluding hydrogens is 394 g/mol. The largest absolute Gasteiger partial charge is 0.459 e. The van der Waals surface area contributed by atoms with E-state index >= 15 is 0 Å². The van der Waals surface area contributed by atoms with Crippen molar-refractivity contribution < 1.29 is 14.0 Å². The Kier molecular flexibility index (Phi) is 5.05. The lowest BCUT2D eigenvalue weighted by atomic mass is 9.93. The maximum absolute atomic E-state index is 13.4. The summed E-state index contributed by atoms with van der Waals surface area (Å²) in [4.78, 5) is 32.4. The van der Waals surface area contributed by atoms with Crippen molar-refractivity contribution >= 4 is 17.6 Å². The third-order valence-electron chi connectivity index (χ3n) is 6.14. The predicted octanol–water partition coefficient (Wildman–Crippen LogP) is 3.67. The third kappa shape index (κ3) is 3.73. The molecule has 1 aliphatic heterocycles. The number of aryl methyl sites for hydroxylation is 1. The van der Waals surface area contributed by atoms with Crippen molar-refractivity contribution in [3.8, 4) is 0 Å². The zero-order chi connectivity index (χ0) is 21.4. The van der Waals surface area contributed by atoms with Crippen molar-refractivity contribution in [3.05, 3.63) is 65.5 Å². The van der Waals surface area contributed by atoms with Gasteiger partial charge < -0.3 is 14.6 Å². The van der Waals surface area contributed by atoms with Crippen molar-refractivity contribution in [1.29, 1.82) is 0 Å². The summed E-state index contributed by atoms with van der Waals surface area (Å²) in [5, 5.41) is 7.69. The Morgan fingerprint density at radius 1 is 1.19 bits per heavy atom. The Morgan fingerprint density at radius 3 is 2.81 bits per heavy atom. The van der Waals surface area contributed by atoms with Gasteiger partial charge >= 0.3 is 0 Å². The molecule has 1 fully saturated rings. The first-order valence-corrected chi connectivity index (χ1v) is 10.7. The molecule has 0 saturated heterocycles. The Balaban J connectivity index is 1.42. The van der Waals surface area contributed by atoms with Crippen molar-refractivity contribution in [2.75, 3.05) is 11.9 Å². The summed E-state index contributed by atoms with van der Waals surface area (Å²) in [6.07, 6.45) is 7.67. The van der Waals surface area contributed by atoms with Gasteiger partial charge in [-0.15, -0.1) is 0 Å². The molecule has 0 aromatic carbocycles. The molecular formula is C23H25N5O3. The molecule has 1 saturated carbocycles. The van der Waals surface area contributed by atoms with Crippen LogP contribution < -0.4 is 5.32 Å². The average Bonchev–Trinajstić information content (AvgIpc) is 3.54. The molecule has 0 bridgehead atoms. The van der Waals surface area contributed by atoms with E-state index < -0.39 is 5.92 Å². The van der Waals surface area contributed by atoms with Gasteiger partial charge in [-0.3, -0.25) is 14.6 Å². The van der Waals surface area contributed by atoms with E-state index in [9.17, 15) is 9.59 Å². The lowest BCUT2D eigenvalue weighted by Crippen LogP contribution is -2.42. The first-order valence-electron chi connectivity index (χ1n) is 10.7. The summed E-state index contributed by atoms with van der Waals surface area (Å²) in [5.74, 6) is -0.0147. The number of carbonyl (C=O) groups excluding carboxylic acids is 2. The SMILES string of the molecule is Cc1cc(NC(=O)C2CN(C(=O)c3ccco3)Cc3cccnc32)n(C2CCCC2)n1. The lowest BCUT2D eigenvalue weighted by molar-refractivity contribution is -0.118. The second-order valence-electron chi connectivity index (χ2n) is 8.31. The minimum Gasteiger partial charge on any atom is -0.459 e. The predicted molar refractivity (Wildman–Crippen MR) is 114 cm³/mol. The van der Waals surface area contributed by atoms with E-state index in [0.29, 0.717) is 24.1 Å². The second-order valence-corrected chi connectivity index (χ2v) is 8.31. The van der Waals surface area contributed by atoms with Gasteiger partial charge in [-0.2, -0.15) is 5.10 Å². The van der Waals surface area contributed by atoms with Crippen LogP contribution in [0.1, 0.15) is 65.1 Å². The molecule has 8 heteroatoms. The molecule has 1 atom stereocenters. The van der Waals surface area contributed by atoms with Gasteiger partial charge in [0.05, 0.1) is 29.6 Å². The molecule has 0 radical (unpaired) electrons. The quantitative estimate of drug-likeness (QED) is 0.696. The van der Waals surface area contributed by atoms with Crippen molar-refractivity contribution in [3.63, 3.8) is 0 Å². The monoisotopic (exact) mass is 419 g/mol. The number of carbonyl (C=O) groups is 2. The Morgan fingerprint density at radius 2 is 2.03 bits per heavy atom. The number of aromatic nitrogens is 3. The number of nitrogens with one attached hydrogen (secondary N) is 1. The molecule has 3 aromatic heterocycles. The van der Waals surface area contributed by atoms with E-state index in [1.165, 1.54) is 19.1 Å². The van der Waals surface area contributed by atoms with E-state index in [1.807, 2.05) is 29.8 Å². The molecule has 31 heavy (non-hydrogen) atoms. The number of amides is 2. The highest BCUT2D eigenvalue weighted by molar-refractivity contribution is 5.97. The average molecular weight is 419 g/mol. The van der Waals surface area contributed by atoms with Crippen LogP contribution in [-0.2, 0) is 11.3 Å². The fourth-order valence-corrected chi connectivity index (χ4v) is 4.64. The van der Waals surface area contributed by atoms with Gasteiger partial charge in [0, 0.05) is 25.4 Å². The van der Waals surface area contributed by atoms with Gasteiger partial charge in [-0.05, 0) is 43.5 Å². The van der Waals surface area contributed by atoms with Crippen molar-refractivity contribution in [1.82, 2.24) is 19.7 Å². The van der Waals surface area contributed by atoms with Crippen LogP contribution >= 0.6 is 0 Å². The summed E-state index contributed by atoms with van der Waals surface area (Å²) in [6.45, 7) is 2.57. The van der Waals surface area contributed by atoms with E-state index in [-0.39, 0.29) is 24.1 Å². The zero-order valence-electron chi connectivity index (χ0n) is 17.5. The van der Waals surface area contributed by atoms with E-state index in [2.05, 4.69) is 15.4 Å². The number of fused-ring (bicyclic) bond motifs is 1. The molecule has 0 spiro atoms. The highest BCUT2D eigenvalue weighted by atomic mass is 16.3. The lowest BCUT2D eigenvalue weighted by Gasteiger charge is -2.32. The number of hydrogen-bond acceptors (Lipinski definition) is 5. The second kappa shape index (κ2) is 8.02. The van der Waals surface area contributed by atoms with Crippen LogP contribution in [0.15, 0.2) is 47.2 Å². The molecule has 1 N–H and O–H groups in total. The Bertz CT molecular complexity index is 1100. The molecule has 2 aliphatic rings. The summed E-state index contributed by atoms with van der Waals surface area (Å²) >= 11 is 0. The molecule has 1 aliphatic carbocycles. The van der Waals surface area contributed by atoms with Gasteiger partial charge in [-0.1, -0.05) is 18.9 Å². The van der Waals surface area contributed by atoms with Gasteiger partial charge in [0.2, 0.25) is 5.91 Å². The number of rotatable bonds is 4. The topological polar surface area (TPSA) is 93.3 Å². The minimum absolute atomic E-state index is 0.184. The number of hydrogen-bond donors (Lipinski definition) is 1. The molecule has 4 heterocycles. The highest BCUT2D eigenvalue weighted by Gasteiger charge is 2.35. The molecule has 3 aromatic rings. The normalized spacial score (nSPS) is 18.7. The van der Waals surface area contributed by atoms with E-state index in [0.717, 1.165) is 24.1 Å². The summed E-state index contributed by atoms with van der Waals surface area (Å²) in [5.41, 5.74) is 2.46.